The first kappa shape index (κ1) is 17.3. The molecule has 0 saturated carbocycles. The summed E-state index contributed by atoms with van der Waals surface area (Å²) in [5.41, 5.74) is 0.0906. The minimum Gasteiger partial charge on any atom is -0.326 e. The average molecular weight is 400 g/mol. The van der Waals surface area contributed by atoms with Crippen LogP contribution in [0.15, 0.2) is 23.1 Å². The van der Waals surface area contributed by atoms with Crippen molar-refractivity contribution in [2.45, 2.75) is 31.3 Å². The molecule has 1 aromatic carbocycles. The largest absolute Gasteiger partial charge is 0.326 e. The van der Waals surface area contributed by atoms with E-state index >= 15 is 0 Å². The van der Waals surface area contributed by atoms with Crippen LogP contribution in [0.25, 0.3) is 0 Å². The highest BCUT2D eigenvalue weighted by Gasteiger charge is 2.44. The topological polar surface area (TPSA) is 65.2 Å². The van der Waals surface area contributed by atoms with Crippen LogP contribution in [0.4, 0.5) is 19.3 Å². The summed E-state index contributed by atoms with van der Waals surface area (Å²) in [4.78, 5) is 28.2. The van der Waals surface area contributed by atoms with Crippen LogP contribution in [-0.2, 0) is 6.42 Å². The van der Waals surface area contributed by atoms with Crippen LogP contribution in [0.3, 0.4) is 0 Å². The van der Waals surface area contributed by atoms with Gasteiger partial charge in [-0.15, -0.1) is 0 Å². The first-order chi connectivity index (χ1) is 12.4. The number of pyridine rings is 1. The first-order valence-corrected chi connectivity index (χ1v) is 8.76. The van der Waals surface area contributed by atoms with Gasteiger partial charge >= 0.3 is 6.03 Å². The van der Waals surface area contributed by atoms with Crippen LogP contribution in [-0.4, -0.2) is 22.0 Å². The van der Waals surface area contributed by atoms with Crippen molar-refractivity contribution in [1.29, 1.82) is 0 Å². The van der Waals surface area contributed by atoms with Crippen molar-refractivity contribution in [1.82, 2.24) is 9.88 Å². The molecule has 0 spiro atoms. The molecule has 1 aromatic heterocycles. The fraction of sp³-hybridized carbons (Fsp3) is 0.294. The van der Waals surface area contributed by atoms with Crippen LogP contribution < -0.4 is 10.9 Å². The maximum Gasteiger partial charge on any atom is 0.322 e. The molecule has 0 unspecified atom stereocenters. The average Bonchev–Trinajstić information content (AvgIpc) is 2.91. The van der Waals surface area contributed by atoms with E-state index in [4.69, 9.17) is 23.2 Å². The molecule has 136 valence electrons. The number of benzene rings is 1. The summed E-state index contributed by atoms with van der Waals surface area (Å²) in [7, 11) is 0. The lowest BCUT2D eigenvalue weighted by atomic mass is 9.95. The van der Waals surface area contributed by atoms with Gasteiger partial charge in [0.15, 0.2) is 5.82 Å². The van der Waals surface area contributed by atoms with E-state index in [1.807, 2.05) is 0 Å². The van der Waals surface area contributed by atoms with E-state index in [1.165, 1.54) is 12.3 Å². The monoisotopic (exact) mass is 399 g/mol. The number of aromatic nitrogens is 1. The maximum absolute atomic E-state index is 14.1. The van der Waals surface area contributed by atoms with E-state index in [-0.39, 0.29) is 34.2 Å². The van der Waals surface area contributed by atoms with Gasteiger partial charge in [-0.1, -0.05) is 23.2 Å². The SMILES string of the molecule is O=C(Nc1cc(Cl)c(Cl)cc1F)N1[C@H]2CC[C@@H]1c1c[nH]c(=O)c(F)c1C2. The van der Waals surface area contributed by atoms with E-state index in [0.29, 0.717) is 24.0 Å². The Labute approximate surface area is 156 Å². The van der Waals surface area contributed by atoms with Gasteiger partial charge in [0, 0.05) is 17.8 Å². The summed E-state index contributed by atoms with van der Waals surface area (Å²) in [6.07, 6.45) is 3.01. The predicted molar refractivity (Wildman–Crippen MR) is 93.8 cm³/mol. The number of carbonyl (C=O) groups is 1. The zero-order valence-electron chi connectivity index (χ0n) is 13.3. The van der Waals surface area contributed by atoms with Crippen molar-refractivity contribution in [2.24, 2.45) is 0 Å². The lowest BCUT2D eigenvalue weighted by molar-refractivity contribution is 0.178. The molecule has 2 aromatic rings. The third-order valence-corrected chi connectivity index (χ3v) is 5.68. The molecule has 1 fully saturated rings. The van der Waals surface area contributed by atoms with Gasteiger partial charge in [-0.3, -0.25) is 4.79 Å². The molecule has 2 atom stereocenters. The fourth-order valence-electron chi connectivity index (χ4n) is 3.79. The number of aromatic amines is 1. The number of nitrogens with one attached hydrogen (secondary N) is 2. The lowest BCUT2D eigenvalue weighted by Gasteiger charge is -2.36. The minimum absolute atomic E-state index is 0.0496. The molecule has 1 saturated heterocycles. The van der Waals surface area contributed by atoms with Crippen LogP contribution >= 0.6 is 23.2 Å². The van der Waals surface area contributed by atoms with Crippen LogP contribution in [0.5, 0.6) is 0 Å². The Balaban J connectivity index is 1.65. The van der Waals surface area contributed by atoms with Gasteiger partial charge in [0.25, 0.3) is 5.56 Å². The Morgan fingerprint density at radius 3 is 2.73 bits per heavy atom. The minimum atomic E-state index is -0.796. The van der Waals surface area contributed by atoms with Gasteiger partial charge in [0.1, 0.15) is 5.82 Å². The standard InChI is InChI=1S/C17H13Cl2F2N3O2/c18-10-4-12(20)13(5-11(10)19)23-17(26)24-7-1-2-14(24)9-6-22-16(25)15(21)8(9)3-7/h4-7,14H,1-3H2,(H,22,25)(H,23,26)/t7-,14+/m0/s1. The van der Waals surface area contributed by atoms with Gasteiger partial charge in [0.2, 0.25) is 0 Å². The van der Waals surface area contributed by atoms with Gasteiger partial charge in [-0.2, -0.15) is 0 Å². The molecule has 2 bridgehead atoms. The molecular weight excluding hydrogens is 387 g/mol. The molecule has 0 aliphatic carbocycles. The number of rotatable bonds is 1. The van der Waals surface area contributed by atoms with Crippen LogP contribution in [0.2, 0.25) is 10.0 Å². The number of amides is 2. The van der Waals surface area contributed by atoms with Crippen molar-refractivity contribution < 1.29 is 13.6 Å². The Morgan fingerprint density at radius 2 is 1.96 bits per heavy atom. The zero-order valence-corrected chi connectivity index (χ0v) is 14.8. The van der Waals surface area contributed by atoms with Gasteiger partial charge in [-0.25, -0.2) is 13.6 Å². The zero-order chi connectivity index (χ0) is 18.6. The van der Waals surface area contributed by atoms with Crippen molar-refractivity contribution in [2.75, 3.05) is 5.32 Å². The highest BCUT2D eigenvalue weighted by atomic mass is 35.5. The number of fused-ring (bicyclic) bond motifs is 4. The van der Waals surface area contributed by atoms with Crippen molar-refractivity contribution in [3.8, 4) is 0 Å². The summed E-state index contributed by atoms with van der Waals surface area (Å²) < 4.78 is 28.2. The van der Waals surface area contributed by atoms with E-state index < -0.39 is 23.2 Å². The second kappa shape index (κ2) is 6.25. The third-order valence-electron chi connectivity index (χ3n) is 4.96. The van der Waals surface area contributed by atoms with Gasteiger partial charge in [-0.05, 0) is 37.0 Å². The number of carbonyl (C=O) groups excluding carboxylic acids is 1. The molecule has 2 aliphatic heterocycles. The predicted octanol–water partition coefficient (Wildman–Crippen LogP) is 4.25. The Kier molecular flexibility index (Phi) is 4.16. The normalized spacial score (nSPS) is 20.8. The Hall–Kier alpha value is -2.12. The van der Waals surface area contributed by atoms with E-state index in [2.05, 4.69) is 10.3 Å². The molecule has 4 rings (SSSR count). The molecule has 5 nitrogen and oxygen atoms in total. The van der Waals surface area contributed by atoms with Gasteiger partial charge < -0.3 is 15.2 Å². The Morgan fingerprint density at radius 1 is 1.23 bits per heavy atom. The second-order valence-corrected chi connectivity index (χ2v) is 7.21. The quantitative estimate of drug-likeness (QED) is 0.703. The number of nitrogens with zero attached hydrogens (tertiary/aromatic N) is 1. The number of H-pyrrole nitrogens is 1. The van der Waals surface area contributed by atoms with Crippen molar-refractivity contribution >= 4 is 34.9 Å². The molecule has 9 heteroatoms. The molecule has 26 heavy (non-hydrogen) atoms. The summed E-state index contributed by atoms with van der Waals surface area (Å²) >= 11 is 11.6. The fourth-order valence-corrected chi connectivity index (χ4v) is 4.11. The molecule has 2 N–H and O–H groups in total. The van der Waals surface area contributed by atoms with Crippen molar-refractivity contribution in [3.05, 3.63) is 61.5 Å². The molecular formula is C17H13Cl2F2N3O2. The van der Waals surface area contributed by atoms with E-state index in [0.717, 1.165) is 6.07 Å². The smallest absolute Gasteiger partial charge is 0.322 e. The third kappa shape index (κ3) is 2.66. The first-order valence-electron chi connectivity index (χ1n) is 8.00. The second-order valence-electron chi connectivity index (χ2n) is 6.40. The van der Waals surface area contributed by atoms with Crippen LogP contribution in [0, 0.1) is 11.6 Å². The highest BCUT2D eigenvalue weighted by molar-refractivity contribution is 6.42. The summed E-state index contributed by atoms with van der Waals surface area (Å²) in [6, 6.07) is 1.14. The van der Waals surface area contributed by atoms with E-state index in [9.17, 15) is 18.4 Å². The number of halogens is 4. The molecule has 2 aliphatic rings. The number of urea groups is 1. The molecule has 3 heterocycles. The Bertz CT molecular complexity index is 979. The number of hydrogen-bond donors (Lipinski definition) is 2. The highest BCUT2D eigenvalue weighted by Crippen LogP contribution is 2.44. The lowest BCUT2D eigenvalue weighted by Crippen LogP contribution is -2.45. The summed E-state index contributed by atoms with van der Waals surface area (Å²) in [5.74, 6) is -1.50. The summed E-state index contributed by atoms with van der Waals surface area (Å²) in [5, 5.41) is 2.68. The van der Waals surface area contributed by atoms with Crippen LogP contribution in [0.1, 0.15) is 30.0 Å². The maximum atomic E-state index is 14.1. The van der Waals surface area contributed by atoms with E-state index in [1.54, 1.807) is 4.90 Å². The molecule has 2 amide bonds. The number of hydrogen-bond acceptors (Lipinski definition) is 2. The van der Waals surface area contributed by atoms with Crippen molar-refractivity contribution in [3.63, 3.8) is 0 Å². The number of anilines is 1. The summed E-state index contributed by atoms with van der Waals surface area (Å²) in [6.45, 7) is 0. The van der Waals surface area contributed by atoms with Gasteiger partial charge in [0.05, 0.1) is 21.8 Å². The molecule has 0 radical (unpaired) electrons.